The SMILES string of the molecule is COc1ccc(CN(C(=O)Cc2c(F)cccc2Cl)C2CCS(=O)(=O)C2)cc1. The summed E-state index contributed by atoms with van der Waals surface area (Å²) < 4.78 is 43.1. The molecule has 0 aromatic heterocycles. The summed E-state index contributed by atoms with van der Waals surface area (Å²) in [6.07, 6.45) is 0.146. The maximum atomic E-state index is 14.1. The molecule has 1 saturated heterocycles. The van der Waals surface area contributed by atoms with Crippen LogP contribution in [0.4, 0.5) is 4.39 Å². The van der Waals surface area contributed by atoms with E-state index in [2.05, 4.69) is 0 Å². The molecule has 0 bridgehead atoms. The molecule has 1 aliphatic heterocycles. The van der Waals surface area contributed by atoms with E-state index in [0.717, 1.165) is 5.56 Å². The molecule has 0 saturated carbocycles. The molecule has 150 valence electrons. The molecule has 0 radical (unpaired) electrons. The molecule has 1 fully saturated rings. The number of benzene rings is 2. The summed E-state index contributed by atoms with van der Waals surface area (Å²) in [6.45, 7) is 0.231. The Labute approximate surface area is 169 Å². The summed E-state index contributed by atoms with van der Waals surface area (Å²) in [5.41, 5.74) is 0.952. The summed E-state index contributed by atoms with van der Waals surface area (Å²) in [6, 6.07) is 11.0. The largest absolute Gasteiger partial charge is 0.497 e. The minimum Gasteiger partial charge on any atom is -0.497 e. The highest BCUT2D eigenvalue weighted by atomic mass is 35.5. The number of nitrogens with zero attached hydrogens (tertiary/aromatic N) is 1. The summed E-state index contributed by atoms with van der Waals surface area (Å²) >= 11 is 6.06. The van der Waals surface area contributed by atoms with Gasteiger partial charge in [0.25, 0.3) is 0 Å². The van der Waals surface area contributed by atoms with Crippen LogP contribution in [0.1, 0.15) is 17.5 Å². The van der Waals surface area contributed by atoms with Crippen molar-refractivity contribution in [2.45, 2.75) is 25.4 Å². The van der Waals surface area contributed by atoms with Crippen LogP contribution in [0.2, 0.25) is 5.02 Å². The second kappa shape index (κ2) is 8.49. The van der Waals surface area contributed by atoms with Crippen LogP contribution in [-0.2, 0) is 27.6 Å². The summed E-state index contributed by atoms with van der Waals surface area (Å²) in [4.78, 5) is 14.5. The highest BCUT2D eigenvalue weighted by molar-refractivity contribution is 7.91. The zero-order chi connectivity index (χ0) is 20.3. The van der Waals surface area contributed by atoms with Gasteiger partial charge < -0.3 is 9.64 Å². The fraction of sp³-hybridized carbons (Fsp3) is 0.350. The van der Waals surface area contributed by atoms with Crippen LogP contribution in [0, 0.1) is 5.82 Å². The van der Waals surface area contributed by atoms with Gasteiger partial charge in [0.1, 0.15) is 11.6 Å². The van der Waals surface area contributed by atoms with E-state index in [4.69, 9.17) is 16.3 Å². The molecule has 28 heavy (non-hydrogen) atoms. The smallest absolute Gasteiger partial charge is 0.227 e. The molecule has 1 heterocycles. The Hall–Kier alpha value is -2.12. The van der Waals surface area contributed by atoms with Gasteiger partial charge in [0, 0.05) is 23.2 Å². The van der Waals surface area contributed by atoms with Crippen molar-refractivity contribution in [1.29, 1.82) is 0 Å². The minimum atomic E-state index is -3.18. The number of sulfone groups is 1. The van der Waals surface area contributed by atoms with Gasteiger partial charge in [-0.25, -0.2) is 12.8 Å². The number of carbonyl (C=O) groups excluding carboxylic acids is 1. The Morgan fingerprint density at radius 2 is 1.96 bits per heavy atom. The average molecular weight is 426 g/mol. The van der Waals surface area contributed by atoms with E-state index in [1.807, 2.05) is 12.1 Å². The van der Waals surface area contributed by atoms with E-state index in [1.165, 1.54) is 23.1 Å². The first-order chi connectivity index (χ1) is 13.3. The molecule has 1 amide bonds. The van der Waals surface area contributed by atoms with Gasteiger partial charge in [-0.15, -0.1) is 0 Å². The third kappa shape index (κ3) is 4.83. The predicted octanol–water partition coefficient (Wildman–Crippen LogP) is 3.25. The van der Waals surface area contributed by atoms with Crippen molar-refractivity contribution >= 4 is 27.3 Å². The highest BCUT2D eigenvalue weighted by Crippen LogP contribution is 2.25. The lowest BCUT2D eigenvalue weighted by atomic mass is 10.1. The molecule has 3 rings (SSSR count). The van der Waals surface area contributed by atoms with Crippen molar-refractivity contribution in [2.75, 3.05) is 18.6 Å². The number of hydrogen-bond donors (Lipinski definition) is 0. The van der Waals surface area contributed by atoms with Crippen molar-refractivity contribution in [2.24, 2.45) is 0 Å². The van der Waals surface area contributed by atoms with Gasteiger partial charge in [0.15, 0.2) is 9.84 Å². The molecule has 1 aliphatic rings. The van der Waals surface area contributed by atoms with Gasteiger partial charge in [0.05, 0.1) is 25.0 Å². The van der Waals surface area contributed by atoms with Crippen LogP contribution < -0.4 is 4.74 Å². The lowest BCUT2D eigenvalue weighted by Gasteiger charge is -2.29. The lowest BCUT2D eigenvalue weighted by Crippen LogP contribution is -2.41. The Balaban J connectivity index is 1.85. The third-order valence-electron chi connectivity index (χ3n) is 4.87. The van der Waals surface area contributed by atoms with E-state index in [9.17, 15) is 17.6 Å². The van der Waals surface area contributed by atoms with Crippen LogP contribution in [0.5, 0.6) is 5.75 Å². The lowest BCUT2D eigenvalue weighted by molar-refractivity contribution is -0.133. The van der Waals surface area contributed by atoms with Gasteiger partial charge in [-0.1, -0.05) is 29.8 Å². The summed E-state index contributed by atoms with van der Waals surface area (Å²) in [7, 11) is -1.62. The van der Waals surface area contributed by atoms with Crippen molar-refractivity contribution in [3.05, 3.63) is 64.4 Å². The van der Waals surface area contributed by atoms with Crippen molar-refractivity contribution in [3.63, 3.8) is 0 Å². The van der Waals surface area contributed by atoms with Crippen LogP contribution in [0.25, 0.3) is 0 Å². The van der Waals surface area contributed by atoms with Crippen molar-refractivity contribution in [3.8, 4) is 5.75 Å². The summed E-state index contributed by atoms with van der Waals surface area (Å²) in [5, 5.41) is 0.178. The molecule has 2 aromatic carbocycles. The van der Waals surface area contributed by atoms with Gasteiger partial charge >= 0.3 is 0 Å². The van der Waals surface area contributed by atoms with Crippen LogP contribution in [0.3, 0.4) is 0 Å². The van der Waals surface area contributed by atoms with Gasteiger partial charge in [-0.3, -0.25) is 4.79 Å². The third-order valence-corrected chi connectivity index (χ3v) is 6.98. The minimum absolute atomic E-state index is 0.0461. The molecule has 1 unspecified atom stereocenters. The monoisotopic (exact) mass is 425 g/mol. The molecule has 0 aliphatic carbocycles. The highest BCUT2D eigenvalue weighted by Gasteiger charge is 2.35. The Morgan fingerprint density at radius 1 is 1.25 bits per heavy atom. The quantitative estimate of drug-likeness (QED) is 0.712. The van der Waals surface area contributed by atoms with E-state index < -0.39 is 21.7 Å². The fourth-order valence-electron chi connectivity index (χ4n) is 3.32. The number of halogens is 2. The fourth-order valence-corrected chi connectivity index (χ4v) is 5.28. The number of rotatable bonds is 6. The van der Waals surface area contributed by atoms with Crippen molar-refractivity contribution in [1.82, 2.24) is 4.90 Å². The molecule has 5 nitrogen and oxygen atoms in total. The van der Waals surface area contributed by atoms with Gasteiger partial charge in [-0.05, 0) is 36.2 Å². The summed E-state index contributed by atoms with van der Waals surface area (Å²) in [5.74, 6) is -0.262. The first kappa shape index (κ1) is 20.6. The first-order valence-electron chi connectivity index (χ1n) is 8.85. The maximum absolute atomic E-state index is 14.1. The van der Waals surface area contributed by atoms with E-state index in [1.54, 1.807) is 19.2 Å². The topological polar surface area (TPSA) is 63.7 Å². The van der Waals surface area contributed by atoms with E-state index in [0.29, 0.717) is 12.2 Å². The number of hydrogen-bond acceptors (Lipinski definition) is 4. The molecular formula is C20H21ClFNO4S. The number of carbonyl (C=O) groups is 1. The molecule has 0 N–H and O–H groups in total. The Kier molecular flexibility index (Phi) is 6.25. The van der Waals surface area contributed by atoms with Gasteiger partial charge in [0.2, 0.25) is 5.91 Å². The maximum Gasteiger partial charge on any atom is 0.227 e. The Bertz CT molecular complexity index is 942. The first-order valence-corrected chi connectivity index (χ1v) is 11.0. The normalized spacial score (nSPS) is 18.0. The standard InChI is InChI=1S/C20H21ClFNO4S/c1-27-16-7-5-14(6-8-16)12-23(15-9-10-28(25,26)13-15)20(24)11-17-18(21)3-2-4-19(17)22/h2-8,15H,9-13H2,1H3. The zero-order valence-corrected chi connectivity index (χ0v) is 17.0. The number of amides is 1. The second-order valence-electron chi connectivity index (χ2n) is 6.80. The zero-order valence-electron chi connectivity index (χ0n) is 15.4. The van der Waals surface area contributed by atoms with E-state index >= 15 is 0 Å². The second-order valence-corrected chi connectivity index (χ2v) is 9.44. The van der Waals surface area contributed by atoms with Crippen LogP contribution >= 0.6 is 11.6 Å². The predicted molar refractivity (Wildman–Crippen MR) is 106 cm³/mol. The van der Waals surface area contributed by atoms with E-state index in [-0.39, 0.29) is 41.0 Å². The number of methoxy groups -OCH3 is 1. The van der Waals surface area contributed by atoms with Crippen LogP contribution in [-0.4, -0.2) is 43.9 Å². The molecular weight excluding hydrogens is 405 g/mol. The molecule has 1 atom stereocenters. The molecule has 2 aromatic rings. The number of ether oxygens (including phenoxy) is 1. The molecule has 0 spiro atoms. The van der Waals surface area contributed by atoms with Gasteiger partial charge in [-0.2, -0.15) is 0 Å². The molecule has 8 heteroatoms. The van der Waals surface area contributed by atoms with Crippen molar-refractivity contribution < 1.29 is 22.3 Å². The average Bonchev–Trinajstić information content (AvgIpc) is 3.02. The Morgan fingerprint density at radius 3 is 2.54 bits per heavy atom. The van der Waals surface area contributed by atoms with Crippen LogP contribution in [0.15, 0.2) is 42.5 Å².